The van der Waals surface area contributed by atoms with E-state index >= 15 is 0 Å². The first-order chi connectivity index (χ1) is 2.71. The third-order valence-electron chi connectivity index (χ3n) is 0.249. The summed E-state index contributed by atoms with van der Waals surface area (Å²) < 4.78 is 16.7. The third kappa shape index (κ3) is 1.89. The fourth-order valence-corrected chi connectivity index (χ4v) is 0.247. The lowest BCUT2D eigenvalue weighted by Crippen LogP contribution is -2.04. The molecule has 0 radical (unpaired) electrons. The summed E-state index contributed by atoms with van der Waals surface area (Å²) in [6.45, 7) is 0. The Morgan fingerprint density at radius 2 is 1.71 bits per heavy atom. The molecule has 0 saturated carbocycles. The van der Waals surface area contributed by atoms with Gasteiger partial charge in [0.15, 0.2) is 17.4 Å². The van der Waals surface area contributed by atoms with Gasteiger partial charge >= 0.3 is 7.82 Å². The Bertz CT molecular complexity index is 90.3. The van der Waals surface area contributed by atoms with Gasteiger partial charge in [-0.3, -0.25) is 4.89 Å². The highest BCUT2D eigenvalue weighted by Gasteiger charge is 2.35. The molecule has 1 aliphatic rings. The molecular weight excluding hydrogens is 138 g/mol. The second-order valence-corrected chi connectivity index (χ2v) is 1.92. The fraction of sp³-hybridized carbons (Fsp3) is 0. The summed E-state index contributed by atoms with van der Waals surface area (Å²) in [6, 6.07) is 0. The number of rotatable bonds is 0. The Balaban J connectivity index is 0.000000360. The van der Waals surface area contributed by atoms with Gasteiger partial charge in [0.1, 0.15) is 0 Å². The summed E-state index contributed by atoms with van der Waals surface area (Å²) in [4.78, 5) is 7.90. The van der Waals surface area contributed by atoms with Gasteiger partial charge in [-0.15, -0.1) is 0 Å². The van der Waals surface area contributed by atoms with Crippen LogP contribution in [0.4, 0.5) is 0 Å². The molecule has 0 aromatic carbocycles. The monoisotopic (exact) mass is 142 g/mol. The average molecular weight is 142 g/mol. The van der Waals surface area contributed by atoms with Crippen LogP contribution in [-0.2, 0) is 19.0 Å². The normalized spacial score (nSPS) is 24.7. The van der Waals surface area contributed by atoms with Crippen LogP contribution < -0.4 is 0 Å². The molecule has 0 aromatic heterocycles. The summed E-state index contributed by atoms with van der Waals surface area (Å²) >= 11 is 0. The number of hydrogen-bond donors (Lipinski definition) is 1. The minimum atomic E-state index is -3.69. The average Bonchev–Trinajstić information content (AvgIpc) is 1.32. The molecule has 1 saturated heterocycles. The van der Waals surface area contributed by atoms with Gasteiger partial charge < -0.3 is 0 Å². The van der Waals surface area contributed by atoms with Gasteiger partial charge in [0, 0.05) is 0 Å². The van der Waals surface area contributed by atoms with Gasteiger partial charge in [0.2, 0.25) is 0 Å². The minimum absolute atomic E-state index is 0. The zero-order valence-corrected chi connectivity index (χ0v) is 3.42. The first-order valence-corrected chi connectivity index (χ1v) is 2.58. The zero-order valence-electron chi connectivity index (χ0n) is 2.53. The van der Waals surface area contributed by atoms with Crippen molar-refractivity contribution in [3.05, 3.63) is 0 Å². The van der Waals surface area contributed by atoms with E-state index in [0.29, 0.717) is 0 Å². The molecule has 0 amide bonds. The Morgan fingerprint density at radius 1 is 1.43 bits per heavy atom. The van der Waals surface area contributed by atoms with Gasteiger partial charge in [0.05, 0.1) is 0 Å². The predicted octanol–water partition coefficient (Wildman–Crippen LogP) is -1.20. The highest BCUT2D eigenvalue weighted by molar-refractivity contribution is 7.47. The summed E-state index contributed by atoms with van der Waals surface area (Å²) in [5.74, 6) is 0. The summed E-state index contributed by atoms with van der Waals surface area (Å²) in [5, 5.41) is 3.42. The molecule has 42 valence electrons. The van der Waals surface area contributed by atoms with Crippen LogP contribution in [-0.4, -0.2) is 22.3 Å². The maximum absolute atomic E-state index is 9.66. The highest BCUT2D eigenvalue weighted by atomic mass is 31.2. The Kier molecular flexibility index (Phi) is 2.44. The van der Waals surface area contributed by atoms with E-state index in [1.165, 1.54) is 0 Å². The standard InChI is InChI=1S/Al.HO5P.3H/c;1-6(2)4-3-5-6;;;/h;(H,1,2);;;. The third-order valence-corrected chi connectivity index (χ3v) is 0.748. The second-order valence-electron chi connectivity index (χ2n) is 0.686. The molecule has 1 N–H and O–H groups in total. The van der Waals surface area contributed by atoms with Crippen LogP contribution in [0.1, 0.15) is 0 Å². The van der Waals surface area contributed by atoms with Crippen LogP contribution in [0.2, 0.25) is 0 Å². The lowest BCUT2D eigenvalue weighted by molar-refractivity contribution is -0.498. The quantitative estimate of drug-likeness (QED) is 0.261. The first-order valence-electron chi connectivity index (χ1n) is 1.08. The Morgan fingerprint density at radius 3 is 1.71 bits per heavy atom. The number of hydrogen-bond acceptors (Lipinski definition) is 4. The lowest BCUT2D eigenvalue weighted by Gasteiger charge is -2.13. The van der Waals surface area contributed by atoms with E-state index < -0.39 is 7.82 Å². The highest BCUT2D eigenvalue weighted by Crippen LogP contribution is 2.52. The molecule has 1 aliphatic heterocycles. The molecule has 1 rings (SSSR count). The first kappa shape index (κ1) is 7.60. The predicted molar refractivity (Wildman–Crippen MR) is 23.0 cm³/mol. The SMILES string of the molecule is O=P1(O)OOO1.[AlH3]. The van der Waals surface area contributed by atoms with Crippen molar-refractivity contribution in [2.45, 2.75) is 0 Å². The van der Waals surface area contributed by atoms with Crippen molar-refractivity contribution in [2.75, 3.05) is 0 Å². The van der Waals surface area contributed by atoms with Crippen molar-refractivity contribution in [3.8, 4) is 0 Å². The fourth-order valence-electron chi connectivity index (χ4n) is 0.0825. The Labute approximate surface area is 49.8 Å². The van der Waals surface area contributed by atoms with E-state index in [9.17, 15) is 4.57 Å². The molecule has 0 aliphatic carbocycles. The van der Waals surface area contributed by atoms with Crippen molar-refractivity contribution in [2.24, 2.45) is 0 Å². The smallest absolute Gasteiger partial charge is 0.299 e. The molecular formula is H4AlO5P. The second kappa shape index (κ2) is 2.25. The lowest BCUT2D eigenvalue weighted by atomic mass is 14.5. The largest absolute Gasteiger partial charge is 0.531 e. The van der Waals surface area contributed by atoms with Crippen molar-refractivity contribution in [3.63, 3.8) is 0 Å². The van der Waals surface area contributed by atoms with Gasteiger partial charge in [-0.25, -0.2) is 4.57 Å². The van der Waals surface area contributed by atoms with E-state index in [2.05, 4.69) is 14.4 Å². The van der Waals surface area contributed by atoms with E-state index in [4.69, 9.17) is 4.89 Å². The molecule has 0 atom stereocenters. The molecule has 7 heteroatoms. The minimum Gasteiger partial charge on any atom is -0.299 e. The van der Waals surface area contributed by atoms with Gasteiger partial charge in [0.25, 0.3) is 0 Å². The summed E-state index contributed by atoms with van der Waals surface area (Å²) in [7, 11) is -3.69. The molecule has 0 aromatic rings. The Hall–Kier alpha value is 0.602. The summed E-state index contributed by atoms with van der Waals surface area (Å²) in [6.07, 6.45) is 0. The van der Waals surface area contributed by atoms with E-state index in [1.807, 2.05) is 0 Å². The van der Waals surface area contributed by atoms with Crippen LogP contribution in [0.3, 0.4) is 0 Å². The van der Waals surface area contributed by atoms with Crippen LogP contribution >= 0.6 is 7.82 Å². The summed E-state index contributed by atoms with van der Waals surface area (Å²) in [5.41, 5.74) is 0. The van der Waals surface area contributed by atoms with Crippen molar-refractivity contribution < 1.29 is 23.8 Å². The zero-order chi connectivity index (χ0) is 4.62. The van der Waals surface area contributed by atoms with Crippen molar-refractivity contribution >= 4 is 25.2 Å². The molecule has 0 spiro atoms. The van der Waals surface area contributed by atoms with E-state index in [1.54, 1.807) is 0 Å². The molecule has 7 heavy (non-hydrogen) atoms. The van der Waals surface area contributed by atoms with Gasteiger partial charge in [-0.05, 0) is 5.04 Å². The molecule has 0 unspecified atom stereocenters. The van der Waals surface area contributed by atoms with Crippen LogP contribution in [0, 0.1) is 0 Å². The molecule has 1 heterocycles. The maximum Gasteiger partial charge on any atom is 0.531 e. The molecule has 1 fully saturated rings. The van der Waals surface area contributed by atoms with Crippen LogP contribution in [0.5, 0.6) is 0 Å². The van der Waals surface area contributed by atoms with Gasteiger partial charge in [-0.2, -0.15) is 0 Å². The van der Waals surface area contributed by atoms with Gasteiger partial charge in [-0.1, -0.05) is 9.35 Å². The maximum atomic E-state index is 9.66. The number of phosphoric acid groups is 1. The molecule has 5 nitrogen and oxygen atoms in total. The van der Waals surface area contributed by atoms with E-state index in [-0.39, 0.29) is 17.4 Å². The topological polar surface area (TPSA) is 65.0 Å². The van der Waals surface area contributed by atoms with Crippen LogP contribution in [0.25, 0.3) is 0 Å². The van der Waals surface area contributed by atoms with Crippen LogP contribution in [0.15, 0.2) is 0 Å². The van der Waals surface area contributed by atoms with E-state index in [0.717, 1.165) is 0 Å². The van der Waals surface area contributed by atoms with Crippen molar-refractivity contribution in [1.29, 1.82) is 0 Å². The molecule has 0 bridgehead atoms. The van der Waals surface area contributed by atoms with Crippen molar-refractivity contribution in [1.82, 2.24) is 0 Å².